The van der Waals surface area contributed by atoms with Crippen LogP contribution in [0, 0.1) is 5.82 Å². The van der Waals surface area contributed by atoms with Gasteiger partial charge in [-0.15, -0.1) is 12.4 Å². The van der Waals surface area contributed by atoms with Crippen LogP contribution in [0.5, 0.6) is 0 Å². The molecule has 1 aromatic carbocycles. The molecule has 1 saturated heterocycles. The monoisotopic (exact) mass is 336 g/mol. The van der Waals surface area contributed by atoms with Gasteiger partial charge in [0.2, 0.25) is 5.91 Å². The Kier molecular flexibility index (Phi) is 6.87. The SMILES string of the molecule is CC(NC(=O)[C@H]1NCCO[C@@H]1C)c1ccc(F)c(Cl)c1.Cl. The summed E-state index contributed by atoms with van der Waals surface area (Å²) < 4.78 is 18.6. The third-order valence-electron chi connectivity index (χ3n) is 3.40. The largest absolute Gasteiger partial charge is 0.375 e. The van der Waals surface area contributed by atoms with Crippen molar-refractivity contribution in [2.75, 3.05) is 13.2 Å². The van der Waals surface area contributed by atoms with Crippen LogP contribution < -0.4 is 10.6 Å². The second-order valence-electron chi connectivity index (χ2n) is 4.91. The molecule has 2 rings (SSSR count). The van der Waals surface area contributed by atoms with E-state index in [2.05, 4.69) is 10.6 Å². The van der Waals surface area contributed by atoms with Gasteiger partial charge in [-0.1, -0.05) is 17.7 Å². The molecule has 1 amide bonds. The minimum atomic E-state index is -0.468. The normalized spacial score (nSPS) is 23.0. The van der Waals surface area contributed by atoms with Gasteiger partial charge in [-0.2, -0.15) is 0 Å². The van der Waals surface area contributed by atoms with E-state index >= 15 is 0 Å². The van der Waals surface area contributed by atoms with Crippen LogP contribution in [-0.2, 0) is 9.53 Å². The lowest BCUT2D eigenvalue weighted by atomic mass is 10.1. The standard InChI is InChI=1S/C14H18ClFN2O2.ClH/c1-8(10-3-4-12(16)11(15)7-10)18-14(19)13-9(2)20-6-5-17-13;/h3-4,7-9,13,17H,5-6H2,1-2H3,(H,18,19);1H/t8?,9-,13+;/m1./s1. The summed E-state index contributed by atoms with van der Waals surface area (Å²) in [7, 11) is 0. The lowest BCUT2D eigenvalue weighted by Gasteiger charge is -2.30. The Bertz CT molecular complexity index is 502. The molecule has 118 valence electrons. The van der Waals surface area contributed by atoms with E-state index in [9.17, 15) is 9.18 Å². The minimum Gasteiger partial charge on any atom is -0.375 e. The summed E-state index contributed by atoms with van der Waals surface area (Å²) in [5, 5.41) is 6.06. The highest BCUT2D eigenvalue weighted by Crippen LogP contribution is 2.21. The topological polar surface area (TPSA) is 50.4 Å². The second kappa shape index (κ2) is 7.94. The summed E-state index contributed by atoms with van der Waals surface area (Å²) in [6.45, 7) is 4.94. The van der Waals surface area contributed by atoms with Crippen molar-refractivity contribution in [3.8, 4) is 0 Å². The first kappa shape index (κ1) is 18.2. The van der Waals surface area contributed by atoms with E-state index in [1.54, 1.807) is 6.07 Å². The van der Waals surface area contributed by atoms with E-state index in [1.165, 1.54) is 12.1 Å². The molecule has 0 spiro atoms. The molecule has 1 fully saturated rings. The van der Waals surface area contributed by atoms with Gasteiger partial charge >= 0.3 is 0 Å². The number of rotatable bonds is 3. The van der Waals surface area contributed by atoms with Crippen molar-refractivity contribution in [3.05, 3.63) is 34.6 Å². The lowest BCUT2D eigenvalue weighted by Crippen LogP contribution is -2.55. The summed E-state index contributed by atoms with van der Waals surface area (Å²) in [4.78, 5) is 12.2. The van der Waals surface area contributed by atoms with Crippen molar-refractivity contribution in [1.82, 2.24) is 10.6 Å². The van der Waals surface area contributed by atoms with Crippen LogP contribution in [0.25, 0.3) is 0 Å². The van der Waals surface area contributed by atoms with Crippen LogP contribution >= 0.6 is 24.0 Å². The smallest absolute Gasteiger partial charge is 0.240 e. The van der Waals surface area contributed by atoms with Crippen molar-refractivity contribution in [2.24, 2.45) is 0 Å². The molecule has 1 heterocycles. The summed E-state index contributed by atoms with van der Waals surface area (Å²) in [6, 6.07) is 3.81. The first-order chi connectivity index (χ1) is 9.49. The maximum atomic E-state index is 13.1. The summed E-state index contributed by atoms with van der Waals surface area (Å²) >= 11 is 5.75. The Balaban J connectivity index is 0.00000220. The van der Waals surface area contributed by atoms with Crippen LogP contribution in [0.15, 0.2) is 18.2 Å². The van der Waals surface area contributed by atoms with Gasteiger partial charge in [0.05, 0.1) is 23.8 Å². The summed E-state index contributed by atoms with van der Waals surface area (Å²) in [6.07, 6.45) is -0.173. The van der Waals surface area contributed by atoms with Crippen molar-refractivity contribution >= 4 is 29.9 Å². The highest BCUT2D eigenvalue weighted by Gasteiger charge is 2.29. The molecule has 0 aliphatic carbocycles. The van der Waals surface area contributed by atoms with E-state index in [4.69, 9.17) is 16.3 Å². The number of carbonyl (C=O) groups is 1. The fraction of sp³-hybridized carbons (Fsp3) is 0.500. The number of ether oxygens (including phenoxy) is 1. The van der Waals surface area contributed by atoms with Crippen molar-refractivity contribution in [3.63, 3.8) is 0 Å². The maximum absolute atomic E-state index is 13.1. The van der Waals surface area contributed by atoms with E-state index < -0.39 is 5.82 Å². The highest BCUT2D eigenvalue weighted by molar-refractivity contribution is 6.30. The molecule has 2 N–H and O–H groups in total. The van der Waals surface area contributed by atoms with Gasteiger partial charge in [-0.3, -0.25) is 4.79 Å². The fourth-order valence-corrected chi connectivity index (χ4v) is 2.38. The van der Waals surface area contributed by atoms with Gasteiger partial charge in [-0.05, 0) is 31.5 Å². The number of benzene rings is 1. The zero-order chi connectivity index (χ0) is 14.7. The summed E-state index contributed by atoms with van der Waals surface area (Å²) in [5.41, 5.74) is 0.758. The predicted molar refractivity (Wildman–Crippen MR) is 82.4 cm³/mol. The molecule has 0 saturated carbocycles. The number of hydrogen-bond donors (Lipinski definition) is 2. The average Bonchev–Trinajstić information content (AvgIpc) is 2.42. The fourth-order valence-electron chi connectivity index (χ4n) is 2.20. The Hall–Kier alpha value is -0.880. The van der Waals surface area contributed by atoms with Crippen molar-refractivity contribution in [1.29, 1.82) is 0 Å². The van der Waals surface area contributed by atoms with Gasteiger partial charge in [0.1, 0.15) is 11.9 Å². The molecule has 1 aromatic rings. The van der Waals surface area contributed by atoms with E-state index in [-0.39, 0.29) is 41.5 Å². The third kappa shape index (κ3) is 4.54. The zero-order valence-electron chi connectivity index (χ0n) is 11.9. The number of halogens is 3. The Morgan fingerprint density at radius 3 is 2.90 bits per heavy atom. The van der Waals surface area contributed by atoms with Crippen LogP contribution in [0.2, 0.25) is 5.02 Å². The molecule has 0 bridgehead atoms. The third-order valence-corrected chi connectivity index (χ3v) is 3.69. The number of amides is 1. The molecule has 1 aliphatic heterocycles. The van der Waals surface area contributed by atoms with E-state index in [0.717, 1.165) is 5.56 Å². The van der Waals surface area contributed by atoms with Gasteiger partial charge in [0.15, 0.2) is 0 Å². The van der Waals surface area contributed by atoms with Crippen LogP contribution in [0.3, 0.4) is 0 Å². The number of nitrogens with one attached hydrogen (secondary N) is 2. The maximum Gasteiger partial charge on any atom is 0.240 e. The molecular formula is C14H19Cl2FN2O2. The van der Waals surface area contributed by atoms with E-state index in [0.29, 0.717) is 13.2 Å². The first-order valence-electron chi connectivity index (χ1n) is 6.59. The molecule has 4 nitrogen and oxygen atoms in total. The minimum absolute atomic E-state index is 0. The van der Waals surface area contributed by atoms with Crippen LogP contribution in [-0.4, -0.2) is 31.2 Å². The van der Waals surface area contributed by atoms with Crippen LogP contribution in [0.4, 0.5) is 4.39 Å². The first-order valence-corrected chi connectivity index (χ1v) is 6.97. The number of carbonyl (C=O) groups excluding carboxylic acids is 1. The zero-order valence-corrected chi connectivity index (χ0v) is 13.4. The molecule has 0 radical (unpaired) electrons. The molecular weight excluding hydrogens is 318 g/mol. The summed E-state index contributed by atoms with van der Waals surface area (Å²) in [5.74, 6) is -0.602. The lowest BCUT2D eigenvalue weighted by molar-refractivity contribution is -0.129. The Morgan fingerprint density at radius 1 is 1.57 bits per heavy atom. The molecule has 1 aliphatic rings. The second-order valence-corrected chi connectivity index (χ2v) is 5.32. The Labute approximate surface area is 134 Å². The van der Waals surface area contributed by atoms with Gasteiger partial charge in [0.25, 0.3) is 0 Å². The molecule has 1 unspecified atom stereocenters. The highest BCUT2D eigenvalue weighted by atomic mass is 35.5. The predicted octanol–water partition coefficient (Wildman–Crippen LogP) is 2.46. The van der Waals surface area contributed by atoms with Crippen LogP contribution in [0.1, 0.15) is 25.5 Å². The molecule has 3 atom stereocenters. The quantitative estimate of drug-likeness (QED) is 0.891. The molecule has 21 heavy (non-hydrogen) atoms. The van der Waals surface area contributed by atoms with E-state index in [1.807, 2.05) is 13.8 Å². The molecule has 0 aromatic heterocycles. The molecule has 7 heteroatoms. The van der Waals surface area contributed by atoms with Gasteiger partial charge in [0, 0.05) is 6.54 Å². The number of morpholine rings is 1. The van der Waals surface area contributed by atoms with Crippen molar-refractivity contribution < 1.29 is 13.9 Å². The Morgan fingerprint density at radius 2 is 2.29 bits per heavy atom. The number of hydrogen-bond acceptors (Lipinski definition) is 3. The average molecular weight is 337 g/mol. The van der Waals surface area contributed by atoms with Crippen molar-refractivity contribution in [2.45, 2.75) is 32.0 Å². The van der Waals surface area contributed by atoms with Gasteiger partial charge in [-0.25, -0.2) is 4.39 Å². The van der Waals surface area contributed by atoms with Gasteiger partial charge < -0.3 is 15.4 Å².